The SMILES string of the molecule is Cl.O=C(CCNC(=O)c1ccc(F)cc1)NCC(N1CCNCC1)C(F)(F)F. The van der Waals surface area contributed by atoms with Crippen molar-refractivity contribution in [2.45, 2.75) is 18.6 Å². The quantitative estimate of drug-likeness (QED) is 0.575. The summed E-state index contributed by atoms with van der Waals surface area (Å²) in [4.78, 5) is 24.9. The molecule has 0 bridgehead atoms. The molecule has 1 saturated heterocycles. The number of benzene rings is 1. The third-order valence-electron chi connectivity index (χ3n) is 4.21. The van der Waals surface area contributed by atoms with Gasteiger partial charge in [0.2, 0.25) is 5.91 Å². The van der Waals surface area contributed by atoms with Crippen LogP contribution in [0.25, 0.3) is 0 Å². The number of carbonyl (C=O) groups excluding carboxylic acids is 2. The lowest BCUT2D eigenvalue weighted by Gasteiger charge is -2.35. The number of nitrogens with one attached hydrogen (secondary N) is 3. The Bertz CT molecular complexity index is 637. The number of piperazine rings is 1. The summed E-state index contributed by atoms with van der Waals surface area (Å²) in [5, 5.41) is 7.74. The van der Waals surface area contributed by atoms with Gasteiger partial charge in [-0.05, 0) is 24.3 Å². The van der Waals surface area contributed by atoms with Gasteiger partial charge >= 0.3 is 6.18 Å². The molecule has 6 nitrogen and oxygen atoms in total. The van der Waals surface area contributed by atoms with E-state index in [0.717, 1.165) is 12.1 Å². The topological polar surface area (TPSA) is 73.5 Å². The maximum absolute atomic E-state index is 13.2. The van der Waals surface area contributed by atoms with Crippen LogP contribution in [-0.4, -0.2) is 68.2 Å². The highest BCUT2D eigenvalue weighted by atomic mass is 35.5. The summed E-state index contributed by atoms with van der Waals surface area (Å²) in [6.07, 6.45) is -4.60. The van der Waals surface area contributed by atoms with Crippen molar-refractivity contribution in [3.63, 3.8) is 0 Å². The van der Waals surface area contributed by atoms with E-state index < -0.39 is 36.4 Å². The fourth-order valence-corrected chi connectivity index (χ4v) is 2.74. The molecule has 158 valence electrons. The maximum atomic E-state index is 13.2. The Morgan fingerprint density at radius 3 is 2.29 bits per heavy atom. The number of amides is 2. The first-order chi connectivity index (χ1) is 12.8. The lowest BCUT2D eigenvalue weighted by Crippen LogP contribution is -2.57. The maximum Gasteiger partial charge on any atom is 0.405 e. The Balaban J connectivity index is 0.00000392. The highest BCUT2D eigenvalue weighted by Gasteiger charge is 2.43. The summed E-state index contributed by atoms with van der Waals surface area (Å²) in [6, 6.07) is 3.12. The van der Waals surface area contributed by atoms with Crippen molar-refractivity contribution in [2.24, 2.45) is 0 Å². The van der Waals surface area contributed by atoms with Crippen LogP contribution in [0.15, 0.2) is 24.3 Å². The van der Waals surface area contributed by atoms with E-state index in [0.29, 0.717) is 13.1 Å². The average Bonchev–Trinajstić information content (AvgIpc) is 2.62. The normalized spacial score (nSPS) is 16.0. The molecule has 0 spiro atoms. The molecule has 0 aromatic heterocycles. The van der Waals surface area contributed by atoms with Crippen LogP contribution in [-0.2, 0) is 4.79 Å². The minimum absolute atomic E-state index is 0. The fraction of sp³-hybridized carbons (Fsp3) is 0.529. The van der Waals surface area contributed by atoms with Crippen LogP contribution >= 0.6 is 12.4 Å². The van der Waals surface area contributed by atoms with Gasteiger partial charge in [0.25, 0.3) is 5.91 Å². The molecular weight excluding hydrogens is 404 g/mol. The smallest absolute Gasteiger partial charge is 0.354 e. The van der Waals surface area contributed by atoms with Gasteiger partial charge in [-0.3, -0.25) is 14.5 Å². The van der Waals surface area contributed by atoms with E-state index >= 15 is 0 Å². The molecule has 1 unspecified atom stereocenters. The first-order valence-electron chi connectivity index (χ1n) is 8.59. The van der Waals surface area contributed by atoms with Gasteiger partial charge in [-0.15, -0.1) is 12.4 Å². The van der Waals surface area contributed by atoms with Crippen LogP contribution in [0.1, 0.15) is 16.8 Å². The van der Waals surface area contributed by atoms with Crippen LogP contribution in [0.2, 0.25) is 0 Å². The van der Waals surface area contributed by atoms with E-state index in [4.69, 9.17) is 0 Å². The molecule has 3 N–H and O–H groups in total. The number of alkyl halides is 3. The van der Waals surface area contributed by atoms with E-state index in [1.54, 1.807) is 0 Å². The van der Waals surface area contributed by atoms with Crippen molar-refractivity contribution in [1.82, 2.24) is 20.9 Å². The molecule has 1 heterocycles. The second kappa shape index (κ2) is 11.2. The Morgan fingerprint density at radius 1 is 1.11 bits per heavy atom. The average molecular weight is 427 g/mol. The van der Waals surface area contributed by atoms with Crippen molar-refractivity contribution < 1.29 is 27.2 Å². The first kappa shape index (κ1) is 24.1. The van der Waals surface area contributed by atoms with Gasteiger partial charge in [-0.25, -0.2) is 4.39 Å². The standard InChI is InChI=1S/C17H22F4N4O2.ClH/c18-13-3-1-12(2-4-13)16(27)23-6-5-15(26)24-11-14(17(19,20)21)25-9-7-22-8-10-25;/h1-4,14,22H,5-11H2,(H,23,27)(H,24,26);1H. The molecule has 28 heavy (non-hydrogen) atoms. The molecule has 1 aromatic carbocycles. The number of rotatable bonds is 7. The lowest BCUT2D eigenvalue weighted by molar-refractivity contribution is -0.184. The zero-order valence-electron chi connectivity index (χ0n) is 15.0. The molecule has 1 atom stereocenters. The molecule has 1 aromatic rings. The van der Waals surface area contributed by atoms with Crippen LogP contribution in [0.3, 0.4) is 0 Å². The summed E-state index contributed by atoms with van der Waals surface area (Å²) in [5.41, 5.74) is 0.229. The lowest BCUT2D eigenvalue weighted by atomic mass is 10.2. The largest absolute Gasteiger partial charge is 0.405 e. The molecule has 2 amide bonds. The van der Waals surface area contributed by atoms with Gasteiger partial charge in [0.15, 0.2) is 0 Å². The first-order valence-corrected chi connectivity index (χ1v) is 8.59. The molecule has 0 radical (unpaired) electrons. The van der Waals surface area contributed by atoms with Gasteiger partial charge in [-0.1, -0.05) is 0 Å². The van der Waals surface area contributed by atoms with Crippen LogP contribution < -0.4 is 16.0 Å². The van der Waals surface area contributed by atoms with Crippen LogP contribution in [0.4, 0.5) is 17.6 Å². The molecule has 0 saturated carbocycles. The fourth-order valence-electron chi connectivity index (χ4n) is 2.74. The molecule has 1 fully saturated rings. The van der Waals surface area contributed by atoms with Gasteiger partial charge in [-0.2, -0.15) is 13.2 Å². The van der Waals surface area contributed by atoms with Gasteiger partial charge < -0.3 is 16.0 Å². The summed E-state index contributed by atoms with van der Waals surface area (Å²) in [5.74, 6) is -1.55. The monoisotopic (exact) mass is 426 g/mol. The van der Waals surface area contributed by atoms with Crippen LogP contribution in [0.5, 0.6) is 0 Å². The Hall–Kier alpha value is -1.91. The van der Waals surface area contributed by atoms with E-state index in [9.17, 15) is 27.2 Å². The van der Waals surface area contributed by atoms with Crippen LogP contribution in [0, 0.1) is 5.82 Å². The number of hydrogen-bond donors (Lipinski definition) is 3. The number of hydrogen-bond acceptors (Lipinski definition) is 4. The molecule has 1 aliphatic heterocycles. The molecular formula is C17H23ClF4N4O2. The number of nitrogens with zero attached hydrogens (tertiary/aromatic N) is 1. The highest BCUT2D eigenvalue weighted by Crippen LogP contribution is 2.24. The zero-order chi connectivity index (χ0) is 19.9. The third kappa shape index (κ3) is 7.61. The Labute approximate surface area is 166 Å². The van der Waals surface area contributed by atoms with E-state index in [1.807, 2.05) is 0 Å². The number of carbonyl (C=O) groups is 2. The predicted octanol–water partition coefficient (Wildman–Crippen LogP) is 1.32. The molecule has 0 aliphatic carbocycles. The van der Waals surface area contributed by atoms with Crippen molar-refractivity contribution in [2.75, 3.05) is 39.3 Å². The summed E-state index contributed by atoms with van der Waals surface area (Å²) < 4.78 is 52.5. The van der Waals surface area contributed by atoms with Gasteiger partial charge in [0.1, 0.15) is 11.9 Å². The van der Waals surface area contributed by atoms with Gasteiger partial charge in [0.05, 0.1) is 0 Å². The van der Waals surface area contributed by atoms with Crippen molar-refractivity contribution in [3.8, 4) is 0 Å². The minimum Gasteiger partial charge on any atom is -0.354 e. The summed E-state index contributed by atoms with van der Waals surface area (Å²) >= 11 is 0. The molecule has 11 heteroatoms. The third-order valence-corrected chi connectivity index (χ3v) is 4.21. The van der Waals surface area contributed by atoms with E-state index in [-0.39, 0.29) is 44.0 Å². The predicted molar refractivity (Wildman–Crippen MR) is 97.9 cm³/mol. The second-order valence-electron chi connectivity index (χ2n) is 6.16. The van der Waals surface area contributed by atoms with Crippen molar-refractivity contribution in [3.05, 3.63) is 35.6 Å². The second-order valence-corrected chi connectivity index (χ2v) is 6.16. The van der Waals surface area contributed by atoms with E-state index in [1.165, 1.54) is 17.0 Å². The zero-order valence-corrected chi connectivity index (χ0v) is 15.8. The molecule has 2 rings (SSSR count). The van der Waals surface area contributed by atoms with E-state index in [2.05, 4.69) is 16.0 Å². The minimum atomic E-state index is -4.44. The van der Waals surface area contributed by atoms with Crippen molar-refractivity contribution in [1.29, 1.82) is 0 Å². The number of halogens is 5. The Morgan fingerprint density at radius 2 is 1.71 bits per heavy atom. The molecule has 1 aliphatic rings. The van der Waals surface area contributed by atoms with Crippen molar-refractivity contribution >= 4 is 24.2 Å². The summed E-state index contributed by atoms with van der Waals surface area (Å²) in [7, 11) is 0. The van der Waals surface area contributed by atoms with Gasteiger partial charge in [0, 0.05) is 51.3 Å². The Kier molecular flexibility index (Phi) is 9.63. The summed E-state index contributed by atoms with van der Waals surface area (Å²) in [6.45, 7) is 0.883. The highest BCUT2D eigenvalue weighted by molar-refractivity contribution is 5.94.